The van der Waals surface area contributed by atoms with Gasteiger partial charge in [0.2, 0.25) is 5.88 Å². The molecule has 0 aliphatic rings. The van der Waals surface area contributed by atoms with Crippen LogP contribution in [0, 0.1) is 10.1 Å². The van der Waals surface area contributed by atoms with Gasteiger partial charge in [0.1, 0.15) is 11.0 Å². The largest absolute Gasteiger partial charge is 0.436 e. The minimum atomic E-state index is -0.490. The van der Waals surface area contributed by atoms with Crippen LogP contribution < -0.4 is 4.74 Å². The number of rotatable bonds is 4. The molecule has 0 radical (unpaired) electrons. The molecule has 0 bridgehead atoms. The van der Waals surface area contributed by atoms with Gasteiger partial charge in [-0.3, -0.25) is 10.1 Å². The van der Waals surface area contributed by atoms with Crippen molar-refractivity contribution in [3.05, 3.63) is 48.2 Å². The van der Waals surface area contributed by atoms with Crippen LogP contribution in [0.25, 0.3) is 0 Å². The minimum absolute atomic E-state index is 0.0592. The van der Waals surface area contributed by atoms with E-state index in [-0.39, 0.29) is 16.7 Å². The van der Waals surface area contributed by atoms with Crippen molar-refractivity contribution < 1.29 is 9.66 Å². The number of nitro groups is 1. The Labute approximate surface area is 141 Å². The quantitative estimate of drug-likeness (QED) is 0.386. The number of aryl methyl sites for hydroxylation is 1. The number of nitrogens with zero attached hydrogens (tertiary/aromatic N) is 3. The van der Waals surface area contributed by atoms with E-state index in [1.165, 1.54) is 18.2 Å². The third kappa shape index (κ3) is 3.90. The number of hydrogen-bond acceptors (Lipinski definition) is 5. The average Bonchev–Trinajstić information content (AvgIpc) is 2.41. The molecule has 9 heteroatoms. The van der Waals surface area contributed by atoms with E-state index in [0.29, 0.717) is 26.9 Å². The Morgan fingerprint density at radius 1 is 1.29 bits per heavy atom. The van der Waals surface area contributed by atoms with Gasteiger partial charge in [0, 0.05) is 24.6 Å². The summed E-state index contributed by atoms with van der Waals surface area (Å²) < 4.78 is 6.50. The lowest BCUT2D eigenvalue weighted by atomic mass is 10.3. The number of hydrogen-bond donors (Lipinski definition) is 0. The lowest BCUT2D eigenvalue weighted by Crippen LogP contribution is -1.98. The molecule has 0 atom stereocenters. The lowest BCUT2D eigenvalue weighted by Gasteiger charge is -2.10. The van der Waals surface area contributed by atoms with Gasteiger partial charge in [-0.2, -0.15) is 4.98 Å². The smallest absolute Gasteiger partial charge is 0.271 e. The Hall–Kier alpha value is -1.25. The molecule has 0 spiro atoms. The molecule has 1 heterocycles. The standard InChI is InChI=1S/C12H8Br2ClN3O3/c1-2-10-16-9(15)5-11(17-10)21-12-7(13)3-6(18(19)20)4-8(12)14/h3-5H,2H2,1H3. The molecule has 6 nitrogen and oxygen atoms in total. The van der Waals surface area contributed by atoms with Crippen molar-refractivity contribution in [3.63, 3.8) is 0 Å². The van der Waals surface area contributed by atoms with Crippen molar-refractivity contribution in [2.24, 2.45) is 0 Å². The van der Waals surface area contributed by atoms with Crippen LogP contribution in [-0.2, 0) is 6.42 Å². The van der Waals surface area contributed by atoms with E-state index in [1.54, 1.807) is 0 Å². The molecule has 0 N–H and O–H groups in total. The van der Waals surface area contributed by atoms with Crippen LogP contribution in [0.1, 0.15) is 12.7 Å². The SMILES string of the molecule is CCc1nc(Cl)cc(Oc2c(Br)cc([N+](=O)[O-])cc2Br)n1. The van der Waals surface area contributed by atoms with E-state index >= 15 is 0 Å². The normalized spacial score (nSPS) is 10.5. The molecule has 110 valence electrons. The number of nitro benzene ring substituents is 1. The summed E-state index contributed by atoms with van der Waals surface area (Å²) >= 11 is 12.4. The fourth-order valence-electron chi connectivity index (χ4n) is 1.51. The second-order valence-corrected chi connectivity index (χ2v) is 5.99. The van der Waals surface area contributed by atoms with Crippen LogP contribution in [0.15, 0.2) is 27.1 Å². The molecule has 0 saturated heterocycles. The molecule has 0 amide bonds. The number of halogens is 3. The Bertz CT molecular complexity index is 689. The maximum atomic E-state index is 10.8. The van der Waals surface area contributed by atoms with Gasteiger partial charge in [-0.15, -0.1) is 0 Å². The Balaban J connectivity index is 2.40. The zero-order valence-electron chi connectivity index (χ0n) is 10.6. The van der Waals surface area contributed by atoms with Crippen LogP contribution in [0.5, 0.6) is 11.6 Å². The molecule has 0 fully saturated rings. The van der Waals surface area contributed by atoms with Crippen molar-refractivity contribution in [1.82, 2.24) is 9.97 Å². The first kappa shape index (κ1) is 16.1. The van der Waals surface area contributed by atoms with Crippen LogP contribution in [0.2, 0.25) is 5.15 Å². The Morgan fingerprint density at radius 2 is 1.90 bits per heavy atom. The topological polar surface area (TPSA) is 78.2 Å². The summed E-state index contributed by atoms with van der Waals surface area (Å²) in [7, 11) is 0. The summed E-state index contributed by atoms with van der Waals surface area (Å²) in [4.78, 5) is 18.5. The maximum absolute atomic E-state index is 10.8. The Morgan fingerprint density at radius 3 is 2.43 bits per heavy atom. The van der Waals surface area contributed by atoms with E-state index in [0.717, 1.165) is 0 Å². The molecule has 2 aromatic rings. The van der Waals surface area contributed by atoms with E-state index in [2.05, 4.69) is 41.8 Å². The molecule has 0 saturated carbocycles. The number of non-ortho nitro benzene ring substituents is 1. The number of ether oxygens (including phenoxy) is 1. The van der Waals surface area contributed by atoms with Gasteiger partial charge in [0.25, 0.3) is 5.69 Å². The molecule has 21 heavy (non-hydrogen) atoms. The molecule has 0 aliphatic heterocycles. The second-order valence-electron chi connectivity index (χ2n) is 3.90. The molecule has 1 aromatic heterocycles. The average molecular weight is 437 g/mol. The summed E-state index contributed by atoms with van der Waals surface area (Å²) in [5.41, 5.74) is -0.0592. The van der Waals surface area contributed by atoms with Crippen molar-refractivity contribution in [2.75, 3.05) is 0 Å². The predicted molar refractivity (Wildman–Crippen MR) is 85.0 cm³/mol. The summed E-state index contributed by atoms with van der Waals surface area (Å²) in [6.07, 6.45) is 0.611. The molecule has 0 unspecified atom stereocenters. The van der Waals surface area contributed by atoms with Gasteiger partial charge < -0.3 is 4.74 Å². The van der Waals surface area contributed by atoms with E-state index in [1.807, 2.05) is 6.92 Å². The molecule has 0 aliphatic carbocycles. The van der Waals surface area contributed by atoms with E-state index in [9.17, 15) is 10.1 Å². The number of aromatic nitrogens is 2. The summed E-state index contributed by atoms with van der Waals surface area (Å²) in [5.74, 6) is 1.19. The van der Waals surface area contributed by atoms with Gasteiger partial charge in [-0.25, -0.2) is 4.98 Å². The lowest BCUT2D eigenvalue weighted by molar-refractivity contribution is -0.385. The zero-order valence-corrected chi connectivity index (χ0v) is 14.6. The van der Waals surface area contributed by atoms with Gasteiger partial charge in [-0.1, -0.05) is 18.5 Å². The summed E-state index contributed by atoms with van der Waals surface area (Å²) in [6.45, 7) is 1.90. The summed E-state index contributed by atoms with van der Waals surface area (Å²) in [6, 6.07) is 4.17. The molecular weight excluding hydrogens is 429 g/mol. The molecular formula is C12H8Br2ClN3O3. The van der Waals surface area contributed by atoms with Gasteiger partial charge in [0.15, 0.2) is 5.75 Å². The highest BCUT2D eigenvalue weighted by molar-refractivity contribution is 9.11. The fourth-order valence-corrected chi connectivity index (χ4v) is 3.02. The summed E-state index contributed by atoms with van der Waals surface area (Å²) in [5, 5.41) is 11.1. The monoisotopic (exact) mass is 435 g/mol. The highest BCUT2D eigenvalue weighted by atomic mass is 79.9. The van der Waals surface area contributed by atoms with Gasteiger partial charge in [0.05, 0.1) is 13.9 Å². The van der Waals surface area contributed by atoms with Crippen molar-refractivity contribution >= 4 is 49.1 Å². The van der Waals surface area contributed by atoms with Crippen molar-refractivity contribution in [3.8, 4) is 11.6 Å². The van der Waals surface area contributed by atoms with Crippen LogP contribution >= 0.6 is 43.5 Å². The zero-order chi connectivity index (χ0) is 15.6. The highest BCUT2D eigenvalue weighted by Crippen LogP contribution is 2.39. The molecule has 1 aromatic carbocycles. The van der Waals surface area contributed by atoms with E-state index < -0.39 is 4.92 Å². The number of benzene rings is 1. The first-order valence-electron chi connectivity index (χ1n) is 5.75. The van der Waals surface area contributed by atoms with Gasteiger partial charge in [-0.05, 0) is 31.9 Å². The third-order valence-corrected chi connectivity index (χ3v) is 3.81. The van der Waals surface area contributed by atoms with Gasteiger partial charge >= 0.3 is 0 Å². The minimum Gasteiger partial charge on any atom is -0.436 e. The molecule has 2 rings (SSSR count). The van der Waals surface area contributed by atoms with Crippen LogP contribution in [0.3, 0.4) is 0 Å². The highest BCUT2D eigenvalue weighted by Gasteiger charge is 2.16. The second kappa shape index (κ2) is 6.67. The fraction of sp³-hybridized carbons (Fsp3) is 0.167. The first-order valence-corrected chi connectivity index (χ1v) is 7.72. The van der Waals surface area contributed by atoms with Crippen LogP contribution in [-0.4, -0.2) is 14.9 Å². The Kier molecular flexibility index (Phi) is 5.13. The van der Waals surface area contributed by atoms with Crippen molar-refractivity contribution in [2.45, 2.75) is 13.3 Å². The van der Waals surface area contributed by atoms with Crippen molar-refractivity contribution in [1.29, 1.82) is 0 Å². The first-order chi connectivity index (χ1) is 9.90. The predicted octanol–water partition coefficient (Wildman–Crippen LogP) is 4.92. The van der Waals surface area contributed by atoms with E-state index in [4.69, 9.17) is 16.3 Å². The maximum Gasteiger partial charge on any atom is 0.271 e. The third-order valence-electron chi connectivity index (χ3n) is 2.43. The van der Waals surface area contributed by atoms with Crippen LogP contribution in [0.4, 0.5) is 5.69 Å².